The van der Waals surface area contributed by atoms with Crippen LogP contribution >= 0.6 is 0 Å². The van der Waals surface area contributed by atoms with Gasteiger partial charge in [0.2, 0.25) is 0 Å². The molecule has 0 aromatic heterocycles. The molecule has 0 saturated carbocycles. The summed E-state index contributed by atoms with van der Waals surface area (Å²) in [6.45, 7) is 0. The number of hydrogen-bond donors (Lipinski definition) is 0. The van der Waals surface area contributed by atoms with Gasteiger partial charge in [-0.25, -0.2) is 0 Å². The van der Waals surface area contributed by atoms with Crippen molar-refractivity contribution in [2.24, 2.45) is 0 Å². The maximum Gasteiger partial charge on any atom is 1.00 e. The first kappa shape index (κ1) is 18.4. The quantitative estimate of drug-likeness (QED) is 0.371. The molecule has 9 heteroatoms. The average Bonchev–Trinajstić information content (AvgIpc) is 2.00. The largest absolute Gasteiger partial charge is 1.00 e. The molecule has 0 atom stereocenters. The predicted molar refractivity (Wildman–Crippen MR) is 26.4 cm³/mol. The second kappa shape index (κ2) is 8.22. The van der Waals surface area contributed by atoms with Gasteiger partial charge in [-0.2, -0.15) is 15.8 Å². The van der Waals surface area contributed by atoms with Gasteiger partial charge in [-0.1, -0.05) is 0 Å². The van der Waals surface area contributed by atoms with Gasteiger partial charge >= 0.3 is 43.3 Å². The number of rotatable bonds is 2. The van der Waals surface area contributed by atoms with Gasteiger partial charge in [0.05, 0.1) is 7.32 Å². The summed E-state index contributed by atoms with van der Waals surface area (Å²) in [4.78, 5) is 0. The summed E-state index contributed by atoms with van der Waals surface area (Å²) in [6, 6.07) is 3.31. The third-order valence-electron chi connectivity index (χ3n) is 0.745. The first-order valence-electron chi connectivity index (χ1n) is 2.33. The number of nitriles is 3. The van der Waals surface area contributed by atoms with Crippen LogP contribution in [0.1, 0.15) is 0 Å². The Morgan fingerprint density at radius 3 is 1.38 bits per heavy atom. The van der Waals surface area contributed by atoms with Gasteiger partial charge in [0, 0.05) is 0 Å². The fraction of sp³-hybridized carbons (Fsp3) is 0.250. The Bertz CT molecular complexity index is 229. The molecule has 0 aromatic carbocycles. The first-order chi connectivity index (χ1) is 5.10. The molecule has 54 valence electrons. The maximum absolute atomic E-state index is 9.79. The summed E-state index contributed by atoms with van der Waals surface area (Å²) in [7, 11) is -2.81. The molecule has 0 aliphatic rings. The molecular formula is C4BLi2N3O3. The van der Waals surface area contributed by atoms with Crippen LogP contribution in [-0.2, 0) is 4.65 Å². The standard InChI is InChI=1S/C4BN3O3.2Li/c6-1-4(2-7,3-8)11-5(9)10;;/q-2;2*+1. The minimum Gasteiger partial charge on any atom is -0.871 e. The second-order valence-electron chi connectivity index (χ2n) is 1.42. The maximum atomic E-state index is 9.79. The van der Waals surface area contributed by atoms with Crippen LogP contribution in [-0.4, -0.2) is 12.9 Å². The van der Waals surface area contributed by atoms with Crippen molar-refractivity contribution in [2.75, 3.05) is 0 Å². The molecule has 6 nitrogen and oxygen atoms in total. The van der Waals surface area contributed by atoms with Gasteiger partial charge in [0.25, 0.3) is 0 Å². The van der Waals surface area contributed by atoms with Crippen molar-refractivity contribution in [3.63, 3.8) is 0 Å². The van der Waals surface area contributed by atoms with Crippen molar-refractivity contribution in [3.05, 3.63) is 0 Å². The van der Waals surface area contributed by atoms with Crippen molar-refractivity contribution in [2.45, 2.75) is 5.60 Å². The zero-order valence-corrected chi connectivity index (χ0v) is 7.14. The molecule has 0 spiro atoms. The summed E-state index contributed by atoms with van der Waals surface area (Å²) in [5.41, 5.74) is -2.56. The van der Waals surface area contributed by atoms with E-state index in [4.69, 9.17) is 15.8 Å². The predicted octanol–water partition coefficient (Wildman–Crippen LogP) is -8.97. The molecule has 0 rings (SSSR count). The summed E-state index contributed by atoms with van der Waals surface area (Å²) in [6.07, 6.45) is 0. The monoisotopic (exact) mass is 163 g/mol. The second-order valence-corrected chi connectivity index (χ2v) is 1.42. The van der Waals surface area contributed by atoms with Gasteiger partial charge in [-0.15, -0.1) is 0 Å². The van der Waals surface area contributed by atoms with E-state index in [0.717, 1.165) is 18.2 Å². The number of nitrogens with zero attached hydrogens (tertiary/aromatic N) is 3. The molecular weight excluding hydrogens is 163 g/mol. The van der Waals surface area contributed by atoms with E-state index in [1.807, 2.05) is 0 Å². The molecule has 0 radical (unpaired) electrons. The summed E-state index contributed by atoms with van der Waals surface area (Å²) in [5, 5.41) is 44.0. The zero-order chi connectivity index (χ0) is 8.91. The normalized spacial score (nSPS) is 7.62. The third-order valence-corrected chi connectivity index (χ3v) is 0.745. The smallest absolute Gasteiger partial charge is 0.871 e. The van der Waals surface area contributed by atoms with Crippen molar-refractivity contribution >= 4 is 7.32 Å². The van der Waals surface area contributed by atoms with Crippen LogP contribution in [0.15, 0.2) is 0 Å². The van der Waals surface area contributed by atoms with E-state index >= 15 is 0 Å². The average molecular weight is 163 g/mol. The van der Waals surface area contributed by atoms with Crippen molar-refractivity contribution in [3.8, 4) is 18.2 Å². The number of hydrogen-bond acceptors (Lipinski definition) is 6. The van der Waals surface area contributed by atoms with E-state index in [2.05, 4.69) is 4.65 Å². The van der Waals surface area contributed by atoms with Crippen LogP contribution in [0.2, 0.25) is 0 Å². The first-order valence-corrected chi connectivity index (χ1v) is 2.33. The van der Waals surface area contributed by atoms with Crippen LogP contribution in [0.25, 0.3) is 0 Å². The van der Waals surface area contributed by atoms with Crippen molar-refractivity contribution in [1.82, 2.24) is 0 Å². The SMILES string of the molecule is N#CC(C#N)(C#N)OB([O-])[O-].[Li+].[Li+]. The minimum atomic E-state index is -2.81. The van der Waals surface area contributed by atoms with Crippen LogP contribution in [0.5, 0.6) is 0 Å². The molecule has 13 heavy (non-hydrogen) atoms. The summed E-state index contributed by atoms with van der Waals surface area (Å²) < 4.78 is 3.69. The fourth-order valence-electron chi connectivity index (χ4n) is 0.298. The molecule has 0 amide bonds. The Labute approximate surface area is 99.2 Å². The topological polar surface area (TPSA) is 127 Å². The molecule has 0 fully saturated rings. The molecule has 0 saturated heterocycles. The molecule has 0 aliphatic heterocycles. The van der Waals surface area contributed by atoms with Gasteiger partial charge in [0.15, 0.2) is 0 Å². The van der Waals surface area contributed by atoms with E-state index in [-0.39, 0.29) is 37.7 Å². The molecule has 0 bridgehead atoms. The van der Waals surface area contributed by atoms with Gasteiger partial charge < -0.3 is 14.7 Å². The fourth-order valence-corrected chi connectivity index (χ4v) is 0.298. The Hall–Kier alpha value is -0.390. The van der Waals surface area contributed by atoms with E-state index in [9.17, 15) is 10.0 Å². The van der Waals surface area contributed by atoms with Crippen LogP contribution in [0.4, 0.5) is 0 Å². The summed E-state index contributed by atoms with van der Waals surface area (Å²) in [5.74, 6) is 0. The Kier molecular flexibility index (Phi) is 11.6. The summed E-state index contributed by atoms with van der Waals surface area (Å²) >= 11 is 0. The Balaban J connectivity index is -0.000000500. The molecule has 0 heterocycles. The van der Waals surface area contributed by atoms with Gasteiger partial charge in [-0.3, -0.25) is 0 Å². The van der Waals surface area contributed by atoms with Crippen LogP contribution < -0.4 is 47.8 Å². The van der Waals surface area contributed by atoms with Crippen LogP contribution in [0, 0.1) is 34.0 Å². The molecule has 0 aliphatic carbocycles. The Morgan fingerprint density at radius 1 is 1.00 bits per heavy atom. The van der Waals surface area contributed by atoms with E-state index in [1.165, 1.54) is 0 Å². The minimum absolute atomic E-state index is 0. The third kappa shape index (κ3) is 5.79. The van der Waals surface area contributed by atoms with Gasteiger partial charge in [0.1, 0.15) is 18.2 Å². The molecule has 0 unspecified atom stereocenters. The van der Waals surface area contributed by atoms with E-state index in [0.29, 0.717) is 0 Å². The van der Waals surface area contributed by atoms with Gasteiger partial charge in [-0.05, 0) is 0 Å². The van der Waals surface area contributed by atoms with E-state index in [1.54, 1.807) is 0 Å². The van der Waals surface area contributed by atoms with Crippen LogP contribution in [0.3, 0.4) is 0 Å². The van der Waals surface area contributed by atoms with E-state index < -0.39 is 12.9 Å². The van der Waals surface area contributed by atoms with Crippen molar-refractivity contribution < 1.29 is 52.4 Å². The Morgan fingerprint density at radius 2 is 1.31 bits per heavy atom. The molecule has 0 N–H and O–H groups in total. The zero-order valence-electron chi connectivity index (χ0n) is 7.14. The van der Waals surface area contributed by atoms with Crippen molar-refractivity contribution in [1.29, 1.82) is 15.8 Å². The molecule has 0 aromatic rings.